The predicted octanol–water partition coefficient (Wildman–Crippen LogP) is 3.32. The maximum absolute atomic E-state index is 11.6. The first kappa shape index (κ1) is 17.7. The molecule has 0 aromatic carbocycles. The van der Waals surface area contributed by atoms with E-state index in [2.05, 4.69) is 9.97 Å². The zero-order valence-electron chi connectivity index (χ0n) is 15.1. The average molecular weight is 375 g/mol. The first-order valence-electron chi connectivity index (χ1n) is 9.42. The SMILES string of the molecule is COC(CC1CCc2sc3ncnc(OC4CCCCC4)c3c21)C(N)=O. The number of fused-ring (bicyclic) bond motifs is 3. The van der Waals surface area contributed by atoms with E-state index in [0.717, 1.165) is 35.9 Å². The molecule has 0 aliphatic heterocycles. The van der Waals surface area contributed by atoms with E-state index in [9.17, 15) is 4.79 Å². The molecule has 2 aliphatic carbocycles. The van der Waals surface area contributed by atoms with E-state index in [1.54, 1.807) is 17.7 Å². The van der Waals surface area contributed by atoms with Crippen LogP contribution in [0.2, 0.25) is 0 Å². The summed E-state index contributed by atoms with van der Waals surface area (Å²) in [6.07, 6.45) is 9.80. The van der Waals surface area contributed by atoms with Gasteiger partial charge in [-0.15, -0.1) is 11.3 Å². The quantitative estimate of drug-likeness (QED) is 0.837. The van der Waals surface area contributed by atoms with Crippen molar-refractivity contribution >= 4 is 27.5 Å². The van der Waals surface area contributed by atoms with Crippen LogP contribution in [0.5, 0.6) is 5.88 Å². The standard InChI is InChI=1S/C19H25N3O3S/c1-24-13(17(20)23)9-11-7-8-14-15(11)16-18(21-10-22-19(16)26-14)25-12-5-3-2-4-6-12/h10-13H,2-9H2,1H3,(H2,20,23). The van der Waals surface area contributed by atoms with E-state index in [-0.39, 0.29) is 12.0 Å². The fourth-order valence-electron chi connectivity index (χ4n) is 4.29. The van der Waals surface area contributed by atoms with Crippen LogP contribution in [-0.4, -0.2) is 35.2 Å². The molecule has 2 heterocycles. The number of aryl methyl sites for hydroxylation is 1. The molecule has 1 amide bonds. The summed E-state index contributed by atoms with van der Waals surface area (Å²) in [7, 11) is 1.54. The molecule has 2 aromatic rings. The Labute approximate surface area is 157 Å². The zero-order valence-corrected chi connectivity index (χ0v) is 15.9. The van der Waals surface area contributed by atoms with E-state index in [4.69, 9.17) is 15.2 Å². The summed E-state index contributed by atoms with van der Waals surface area (Å²) in [5.74, 6) is 0.533. The number of rotatable bonds is 6. The van der Waals surface area contributed by atoms with Gasteiger partial charge in [0.25, 0.3) is 0 Å². The summed E-state index contributed by atoms with van der Waals surface area (Å²) < 4.78 is 11.6. The topological polar surface area (TPSA) is 87.3 Å². The van der Waals surface area contributed by atoms with Crippen molar-refractivity contribution in [3.63, 3.8) is 0 Å². The largest absolute Gasteiger partial charge is 0.474 e. The number of carbonyl (C=O) groups excluding carboxylic acids is 1. The minimum atomic E-state index is -0.562. The summed E-state index contributed by atoms with van der Waals surface area (Å²) in [4.78, 5) is 22.9. The fourth-order valence-corrected chi connectivity index (χ4v) is 5.52. The lowest BCUT2D eigenvalue weighted by atomic mass is 9.94. The average Bonchev–Trinajstić information content (AvgIpc) is 3.20. The molecule has 0 spiro atoms. The van der Waals surface area contributed by atoms with Gasteiger partial charge in [-0.25, -0.2) is 9.97 Å². The van der Waals surface area contributed by atoms with Crippen molar-refractivity contribution in [2.24, 2.45) is 5.73 Å². The van der Waals surface area contributed by atoms with Crippen molar-refractivity contribution in [2.75, 3.05) is 7.11 Å². The van der Waals surface area contributed by atoms with Crippen LogP contribution < -0.4 is 10.5 Å². The minimum Gasteiger partial charge on any atom is -0.474 e. The smallest absolute Gasteiger partial charge is 0.246 e. The molecular weight excluding hydrogens is 350 g/mol. The van der Waals surface area contributed by atoms with Gasteiger partial charge in [-0.1, -0.05) is 6.42 Å². The molecule has 26 heavy (non-hydrogen) atoms. The highest BCUT2D eigenvalue weighted by atomic mass is 32.1. The first-order valence-corrected chi connectivity index (χ1v) is 10.2. The predicted molar refractivity (Wildman–Crippen MR) is 101 cm³/mol. The molecule has 0 bridgehead atoms. The maximum Gasteiger partial charge on any atom is 0.246 e. The zero-order chi connectivity index (χ0) is 18.1. The number of amides is 1. The third-order valence-electron chi connectivity index (χ3n) is 5.63. The van der Waals surface area contributed by atoms with Crippen molar-refractivity contribution in [3.05, 3.63) is 16.8 Å². The lowest BCUT2D eigenvalue weighted by Crippen LogP contribution is -2.31. The highest BCUT2D eigenvalue weighted by Crippen LogP contribution is 2.47. The Kier molecular flexibility index (Phi) is 5.09. The van der Waals surface area contributed by atoms with Crippen molar-refractivity contribution in [1.29, 1.82) is 0 Å². The lowest BCUT2D eigenvalue weighted by Gasteiger charge is -2.23. The van der Waals surface area contributed by atoms with E-state index in [0.29, 0.717) is 12.3 Å². The second-order valence-electron chi connectivity index (χ2n) is 7.27. The molecule has 2 atom stereocenters. The molecule has 2 aliphatic rings. The van der Waals surface area contributed by atoms with Crippen LogP contribution in [-0.2, 0) is 16.0 Å². The number of aromatic nitrogens is 2. The van der Waals surface area contributed by atoms with Gasteiger partial charge in [0.1, 0.15) is 23.4 Å². The second-order valence-corrected chi connectivity index (χ2v) is 8.36. The van der Waals surface area contributed by atoms with Crippen LogP contribution in [0.4, 0.5) is 0 Å². The summed E-state index contributed by atoms with van der Waals surface area (Å²) in [6.45, 7) is 0. The molecule has 0 radical (unpaired) electrons. The number of methoxy groups -OCH3 is 1. The summed E-state index contributed by atoms with van der Waals surface area (Å²) in [5, 5.41) is 1.04. The van der Waals surface area contributed by atoms with Crippen LogP contribution in [0.1, 0.15) is 61.3 Å². The van der Waals surface area contributed by atoms with Crippen molar-refractivity contribution in [2.45, 2.75) is 69.5 Å². The Bertz CT molecular complexity index is 801. The maximum atomic E-state index is 11.6. The van der Waals surface area contributed by atoms with E-state index in [1.165, 1.54) is 36.8 Å². The van der Waals surface area contributed by atoms with Crippen molar-refractivity contribution < 1.29 is 14.3 Å². The third-order valence-corrected chi connectivity index (χ3v) is 6.80. The molecule has 2 N–H and O–H groups in total. The highest BCUT2D eigenvalue weighted by molar-refractivity contribution is 7.19. The number of ether oxygens (including phenoxy) is 2. The van der Waals surface area contributed by atoms with Crippen molar-refractivity contribution in [3.8, 4) is 5.88 Å². The highest BCUT2D eigenvalue weighted by Gasteiger charge is 2.33. The fraction of sp³-hybridized carbons (Fsp3) is 0.632. The number of hydrogen-bond acceptors (Lipinski definition) is 6. The lowest BCUT2D eigenvalue weighted by molar-refractivity contribution is -0.128. The monoisotopic (exact) mass is 375 g/mol. The Morgan fingerprint density at radius 3 is 2.85 bits per heavy atom. The molecule has 140 valence electrons. The van der Waals surface area contributed by atoms with Gasteiger partial charge in [0.15, 0.2) is 0 Å². The number of thiophene rings is 1. The molecule has 2 unspecified atom stereocenters. The Morgan fingerprint density at radius 2 is 2.12 bits per heavy atom. The number of primary amides is 1. The molecule has 0 saturated heterocycles. The van der Waals surface area contributed by atoms with E-state index < -0.39 is 12.0 Å². The molecule has 4 rings (SSSR count). The van der Waals surface area contributed by atoms with Gasteiger partial charge in [0.2, 0.25) is 11.8 Å². The van der Waals surface area contributed by atoms with Gasteiger partial charge in [-0.05, 0) is 56.4 Å². The van der Waals surface area contributed by atoms with Gasteiger partial charge < -0.3 is 15.2 Å². The van der Waals surface area contributed by atoms with Crippen LogP contribution in [0.15, 0.2) is 6.33 Å². The van der Waals surface area contributed by atoms with Gasteiger partial charge in [-0.2, -0.15) is 0 Å². The molecule has 2 aromatic heterocycles. The minimum absolute atomic E-state index is 0.232. The Morgan fingerprint density at radius 1 is 1.31 bits per heavy atom. The molecule has 1 saturated carbocycles. The van der Waals surface area contributed by atoms with Gasteiger partial charge in [0, 0.05) is 12.0 Å². The molecule has 1 fully saturated rings. The van der Waals surface area contributed by atoms with Gasteiger partial charge in [-0.3, -0.25) is 4.79 Å². The van der Waals surface area contributed by atoms with E-state index >= 15 is 0 Å². The molecular formula is C19H25N3O3S. The summed E-state index contributed by atoms with van der Waals surface area (Å²) >= 11 is 1.72. The normalized spacial score (nSPS) is 21.7. The van der Waals surface area contributed by atoms with Crippen molar-refractivity contribution in [1.82, 2.24) is 9.97 Å². The Balaban J connectivity index is 1.67. The van der Waals surface area contributed by atoms with Gasteiger partial charge in [0.05, 0.1) is 5.39 Å². The second kappa shape index (κ2) is 7.48. The number of nitrogens with two attached hydrogens (primary N) is 1. The van der Waals surface area contributed by atoms with Gasteiger partial charge >= 0.3 is 0 Å². The van der Waals surface area contributed by atoms with E-state index in [1.807, 2.05) is 0 Å². The van der Waals surface area contributed by atoms with Crippen LogP contribution in [0, 0.1) is 0 Å². The summed E-state index contributed by atoms with van der Waals surface area (Å²) in [5.41, 5.74) is 6.73. The molecule has 6 nitrogen and oxygen atoms in total. The van der Waals surface area contributed by atoms with Crippen LogP contribution in [0.3, 0.4) is 0 Å². The first-order chi connectivity index (χ1) is 12.7. The van der Waals surface area contributed by atoms with Crippen LogP contribution >= 0.6 is 11.3 Å². The Hall–Kier alpha value is -1.73. The number of carbonyl (C=O) groups is 1. The number of hydrogen-bond donors (Lipinski definition) is 1. The third kappa shape index (κ3) is 3.30. The van der Waals surface area contributed by atoms with Crippen LogP contribution in [0.25, 0.3) is 10.2 Å². The summed E-state index contributed by atoms with van der Waals surface area (Å²) in [6, 6.07) is 0. The number of nitrogens with zero attached hydrogens (tertiary/aromatic N) is 2. The molecule has 7 heteroatoms.